The van der Waals surface area contributed by atoms with Gasteiger partial charge in [0.05, 0.1) is 11.2 Å². The molecule has 0 bridgehead atoms. The summed E-state index contributed by atoms with van der Waals surface area (Å²) in [5.74, 6) is 0. The molecule has 3 nitrogen and oxygen atoms in total. The zero-order valence-corrected chi connectivity index (χ0v) is 10.3. The van der Waals surface area contributed by atoms with Crippen molar-refractivity contribution in [3.8, 4) is 0 Å². The first kappa shape index (κ1) is 11.1. The van der Waals surface area contributed by atoms with Crippen molar-refractivity contribution >= 4 is 22.5 Å². The average molecular weight is 256 g/mol. The van der Waals surface area contributed by atoms with Gasteiger partial charge in [-0.1, -0.05) is 35.9 Å². The highest BCUT2D eigenvalue weighted by Gasteiger charge is 2.05. The summed E-state index contributed by atoms with van der Waals surface area (Å²) in [5, 5.41) is 1.57. The van der Waals surface area contributed by atoms with Crippen molar-refractivity contribution in [1.29, 1.82) is 0 Å². The van der Waals surface area contributed by atoms with Crippen molar-refractivity contribution in [3.63, 3.8) is 0 Å². The van der Waals surface area contributed by atoms with Crippen molar-refractivity contribution in [2.75, 3.05) is 0 Å². The Labute approximate surface area is 109 Å². The van der Waals surface area contributed by atoms with Gasteiger partial charge in [0.1, 0.15) is 0 Å². The number of hydrogen-bond acceptors (Lipinski definition) is 3. The fourth-order valence-electron chi connectivity index (χ4n) is 1.85. The first-order valence-corrected chi connectivity index (χ1v) is 6.01. The monoisotopic (exact) mass is 255 g/mol. The molecular formula is C14H10ClN3. The first-order chi connectivity index (χ1) is 8.83. The van der Waals surface area contributed by atoms with E-state index in [1.165, 1.54) is 0 Å². The van der Waals surface area contributed by atoms with Crippen LogP contribution in [0.2, 0.25) is 5.15 Å². The van der Waals surface area contributed by atoms with Gasteiger partial charge in [-0.05, 0) is 12.1 Å². The maximum atomic E-state index is 5.99. The molecule has 3 rings (SSSR count). The molecule has 18 heavy (non-hydrogen) atoms. The third-order valence-electron chi connectivity index (χ3n) is 2.73. The van der Waals surface area contributed by atoms with Crippen LogP contribution in [0.5, 0.6) is 0 Å². The maximum Gasteiger partial charge on any atom is 0.150 e. The molecule has 3 aromatic rings. The molecule has 0 atom stereocenters. The predicted molar refractivity (Wildman–Crippen MR) is 71.6 cm³/mol. The van der Waals surface area contributed by atoms with Crippen LogP contribution < -0.4 is 0 Å². The zero-order valence-electron chi connectivity index (χ0n) is 9.55. The van der Waals surface area contributed by atoms with Crippen LogP contribution in [0.1, 0.15) is 11.4 Å². The van der Waals surface area contributed by atoms with E-state index >= 15 is 0 Å². The molecule has 0 aliphatic heterocycles. The number of nitrogens with zero attached hydrogens (tertiary/aromatic N) is 3. The summed E-state index contributed by atoms with van der Waals surface area (Å²) in [7, 11) is 0. The molecule has 0 unspecified atom stereocenters. The van der Waals surface area contributed by atoms with E-state index in [-0.39, 0.29) is 0 Å². The molecule has 88 valence electrons. The van der Waals surface area contributed by atoms with Crippen LogP contribution >= 0.6 is 11.6 Å². The molecule has 0 saturated heterocycles. The molecule has 0 amide bonds. The predicted octanol–water partition coefficient (Wildman–Crippen LogP) is 3.27. The first-order valence-electron chi connectivity index (χ1n) is 5.63. The van der Waals surface area contributed by atoms with Crippen LogP contribution in [0, 0.1) is 0 Å². The second-order valence-corrected chi connectivity index (χ2v) is 4.32. The van der Waals surface area contributed by atoms with Gasteiger partial charge < -0.3 is 0 Å². The summed E-state index contributed by atoms with van der Waals surface area (Å²) < 4.78 is 0. The van der Waals surface area contributed by atoms with Gasteiger partial charge in [0.15, 0.2) is 5.15 Å². The molecule has 1 aromatic carbocycles. The molecule has 0 N–H and O–H groups in total. The molecule has 0 aliphatic carbocycles. The number of aromatic nitrogens is 3. The van der Waals surface area contributed by atoms with Crippen LogP contribution in [-0.4, -0.2) is 15.0 Å². The van der Waals surface area contributed by atoms with Gasteiger partial charge in [-0.3, -0.25) is 9.97 Å². The quantitative estimate of drug-likeness (QED) is 0.705. The second-order valence-electron chi connectivity index (χ2n) is 3.97. The highest BCUT2D eigenvalue weighted by molar-refractivity contribution is 6.30. The Bertz CT molecular complexity index is 697. The Morgan fingerprint density at radius 3 is 2.67 bits per heavy atom. The summed E-state index contributed by atoms with van der Waals surface area (Å²) in [6.45, 7) is 0. The van der Waals surface area contributed by atoms with Gasteiger partial charge in [0.2, 0.25) is 0 Å². The zero-order chi connectivity index (χ0) is 12.4. The topological polar surface area (TPSA) is 38.7 Å². The lowest BCUT2D eigenvalue weighted by Crippen LogP contribution is -1.97. The Morgan fingerprint density at radius 1 is 0.944 bits per heavy atom. The standard InChI is InChI=1S/C14H10ClN3/c15-14-13(16-7-8-17-14)9-11-6-5-10-3-1-2-4-12(10)18-11/h1-8H,9H2. The number of halogens is 1. The van der Waals surface area contributed by atoms with E-state index < -0.39 is 0 Å². The number of benzene rings is 1. The second kappa shape index (κ2) is 4.70. The molecule has 0 fully saturated rings. The van der Waals surface area contributed by atoms with Crippen molar-refractivity contribution in [2.24, 2.45) is 0 Å². The number of rotatable bonds is 2. The minimum Gasteiger partial charge on any atom is -0.256 e. The molecule has 0 radical (unpaired) electrons. The fraction of sp³-hybridized carbons (Fsp3) is 0.0714. The molecule has 0 saturated carbocycles. The number of hydrogen-bond donors (Lipinski definition) is 0. The minimum absolute atomic E-state index is 0.437. The largest absolute Gasteiger partial charge is 0.256 e. The van der Waals surface area contributed by atoms with Gasteiger partial charge in [0, 0.05) is 29.9 Å². The molecular weight excluding hydrogens is 246 g/mol. The highest BCUT2D eigenvalue weighted by Crippen LogP contribution is 2.16. The van der Waals surface area contributed by atoms with E-state index in [0.29, 0.717) is 11.6 Å². The Hall–Kier alpha value is -2.00. The summed E-state index contributed by atoms with van der Waals surface area (Å²) >= 11 is 5.99. The number of para-hydroxylation sites is 1. The van der Waals surface area contributed by atoms with E-state index in [4.69, 9.17) is 11.6 Å². The van der Waals surface area contributed by atoms with Crippen molar-refractivity contribution in [3.05, 3.63) is 65.3 Å². The summed E-state index contributed by atoms with van der Waals surface area (Å²) in [6.07, 6.45) is 3.82. The number of fused-ring (bicyclic) bond motifs is 1. The van der Waals surface area contributed by atoms with Crippen LogP contribution in [0.3, 0.4) is 0 Å². The van der Waals surface area contributed by atoms with Crippen molar-refractivity contribution < 1.29 is 0 Å². The lowest BCUT2D eigenvalue weighted by Gasteiger charge is -2.03. The van der Waals surface area contributed by atoms with Gasteiger partial charge in [-0.15, -0.1) is 0 Å². The lowest BCUT2D eigenvalue weighted by molar-refractivity contribution is 0.997. The van der Waals surface area contributed by atoms with Crippen molar-refractivity contribution in [1.82, 2.24) is 15.0 Å². The lowest BCUT2D eigenvalue weighted by atomic mass is 10.1. The molecule has 4 heteroatoms. The van der Waals surface area contributed by atoms with E-state index in [1.54, 1.807) is 12.4 Å². The maximum absolute atomic E-state index is 5.99. The van der Waals surface area contributed by atoms with Gasteiger partial charge in [0.25, 0.3) is 0 Å². The van der Waals surface area contributed by atoms with E-state index in [1.807, 2.05) is 30.3 Å². The minimum atomic E-state index is 0.437. The van der Waals surface area contributed by atoms with Crippen LogP contribution in [-0.2, 0) is 6.42 Å². The Morgan fingerprint density at radius 2 is 1.78 bits per heavy atom. The van der Waals surface area contributed by atoms with Crippen LogP contribution in [0.15, 0.2) is 48.8 Å². The summed E-state index contributed by atoms with van der Waals surface area (Å²) in [6, 6.07) is 12.1. The molecule has 2 heterocycles. The third kappa shape index (κ3) is 2.17. The molecule has 0 spiro atoms. The van der Waals surface area contributed by atoms with E-state index in [0.717, 1.165) is 22.3 Å². The van der Waals surface area contributed by atoms with Gasteiger partial charge in [-0.25, -0.2) is 4.98 Å². The van der Waals surface area contributed by atoms with Crippen LogP contribution in [0.25, 0.3) is 10.9 Å². The third-order valence-corrected chi connectivity index (χ3v) is 3.04. The average Bonchev–Trinajstić information content (AvgIpc) is 2.41. The van der Waals surface area contributed by atoms with Crippen LogP contribution in [0.4, 0.5) is 0 Å². The van der Waals surface area contributed by atoms with Gasteiger partial charge in [-0.2, -0.15) is 0 Å². The molecule has 2 aromatic heterocycles. The Kier molecular flexibility index (Phi) is 2.90. The Balaban J connectivity index is 1.98. The summed E-state index contributed by atoms with van der Waals surface area (Å²) in [5.41, 5.74) is 2.67. The normalized spacial score (nSPS) is 10.7. The highest BCUT2D eigenvalue weighted by atomic mass is 35.5. The van der Waals surface area contributed by atoms with Crippen molar-refractivity contribution in [2.45, 2.75) is 6.42 Å². The summed E-state index contributed by atoms with van der Waals surface area (Å²) in [4.78, 5) is 12.8. The van der Waals surface area contributed by atoms with Gasteiger partial charge >= 0.3 is 0 Å². The van der Waals surface area contributed by atoms with E-state index in [9.17, 15) is 0 Å². The number of pyridine rings is 1. The SMILES string of the molecule is Clc1nccnc1Cc1ccc2ccccc2n1. The fourth-order valence-corrected chi connectivity index (χ4v) is 2.02. The smallest absolute Gasteiger partial charge is 0.150 e. The molecule has 0 aliphatic rings. The van der Waals surface area contributed by atoms with E-state index in [2.05, 4.69) is 21.0 Å².